The Bertz CT molecular complexity index is 1450. The molecule has 1 amide bonds. The molecule has 0 bridgehead atoms. The summed E-state index contributed by atoms with van der Waals surface area (Å²) in [5, 5.41) is 3.18. The molecule has 9 heteroatoms. The van der Waals surface area contributed by atoms with Crippen LogP contribution in [0.25, 0.3) is 11.7 Å². The van der Waals surface area contributed by atoms with Crippen LogP contribution in [-0.2, 0) is 17.8 Å². The van der Waals surface area contributed by atoms with Gasteiger partial charge in [0, 0.05) is 12.7 Å². The van der Waals surface area contributed by atoms with E-state index >= 15 is 0 Å². The molecule has 1 aliphatic rings. The van der Waals surface area contributed by atoms with Crippen LogP contribution in [0.2, 0.25) is 0 Å². The molecular weight excluding hydrogens is 468 g/mol. The molecule has 1 aromatic carbocycles. The molecule has 34 heavy (non-hydrogen) atoms. The highest BCUT2D eigenvalue weighted by Crippen LogP contribution is 2.33. The van der Waals surface area contributed by atoms with Crippen LogP contribution in [0, 0.1) is 0 Å². The maximum absolute atomic E-state index is 13.3. The number of thiocarbonyl (C=S) groups is 1. The van der Waals surface area contributed by atoms with Gasteiger partial charge in [0.2, 0.25) is 0 Å². The second-order valence-corrected chi connectivity index (χ2v) is 9.29. The van der Waals surface area contributed by atoms with Gasteiger partial charge in [0.05, 0.1) is 23.3 Å². The Balaban J connectivity index is 1.46. The lowest BCUT2D eigenvalue weighted by molar-refractivity contribution is -0.122. The number of furan rings is 1. The van der Waals surface area contributed by atoms with Gasteiger partial charge in [-0.15, -0.1) is 0 Å². The SMILES string of the molecule is O=C1C(=Cc2c(NCc3ccco3)nc3ccccn3c2=O)SC(=S)N1CCc1ccccc1. The van der Waals surface area contributed by atoms with Crippen LogP contribution in [0.3, 0.4) is 0 Å². The number of benzene rings is 1. The number of hydrogen-bond donors (Lipinski definition) is 1. The van der Waals surface area contributed by atoms with Crippen molar-refractivity contribution in [1.29, 1.82) is 0 Å². The Hall–Kier alpha value is -3.69. The first-order chi connectivity index (χ1) is 16.6. The van der Waals surface area contributed by atoms with Crippen molar-refractivity contribution >= 4 is 51.7 Å². The molecule has 170 valence electrons. The van der Waals surface area contributed by atoms with Crippen molar-refractivity contribution in [2.24, 2.45) is 0 Å². The fourth-order valence-corrected chi connectivity index (χ4v) is 4.95. The number of anilines is 1. The van der Waals surface area contributed by atoms with Crippen molar-refractivity contribution in [2.45, 2.75) is 13.0 Å². The van der Waals surface area contributed by atoms with E-state index in [0.717, 1.165) is 5.56 Å². The minimum absolute atomic E-state index is 0.208. The van der Waals surface area contributed by atoms with Gasteiger partial charge < -0.3 is 9.73 Å². The molecule has 0 spiro atoms. The zero-order valence-electron chi connectivity index (χ0n) is 18.0. The number of pyridine rings is 1. The molecule has 5 rings (SSSR count). The second kappa shape index (κ2) is 9.66. The Morgan fingerprint density at radius 2 is 1.88 bits per heavy atom. The molecule has 4 aromatic rings. The van der Waals surface area contributed by atoms with Crippen LogP contribution < -0.4 is 10.9 Å². The molecule has 0 radical (unpaired) electrons. The van der Waals surface area contributed by atoms with Crippen molar-refractivity contribution in [2.75, 3.05) is 11.9 Å². The third-order valence-electron chi connectivity index (χ3n) is 5.40. The van der Waals surface area contributed by atoms with E-state index < -0.39 is 0 Å². The van der Waals surface area contributed by atoms with Crippen molar-refractivity contribution < 1.29 is 9.21 Å². The zero-order valence-corrected chi connectivity index (χ0v) is 19.6. The number of carbonyl (C=O) groups excluding carboxylic acids is 1. The molecule has 1 fully saturated rings. The Morgan fingerprint density at radius 3 is 2.68 bits per heavy atom. The fourth-order valence-electron chi connectivity index (χ4n) is 3.66. The molecule has 0 saturated carbocycles. The molecule has 7 nitrogen and oxygen atoms in total. The van der Waals surface area contributed by atoms with E-state index in [1.165, 1.54) is 16.2 Å². The van der Waals surface area contributed by atoms with Gasteiger partial charge in [-0.2, -0.15) is 0 Å². The average Bonchev–Trinajstić information content (AvgIpc) is 3.47. The monoisotopic (exact) mass is 488 g/mol. The van der Waals surface area contributed by atoms with Crippen LogP contribution in [0.4, 0.5) is 5.82 Å². The molecule has 4 heterocycles. The number of aromatic nitrogens is 2. The number of amides is 1. The summed E-state index contributed by atoms with van der Waals surface area (Å²) >= 11 is 6.67. The van der Waals surface area contributed by atoms with Gasteiger partial charge in [0.1, 0.15) is 21.5 Å². The number of rotatable bonds is 7. The van der Waals surface area contributed by atoms with Gasteiger partial charge in [-0.25, -0.2) is 4.98 Å². The van der Waals surface area contributed by atoms with Gasteiger partial charge in [-0.3, -0.25) is 18.9 Å². The molecule has 1 aliphatic heterocycles. The lowest BCUT2D eigenvalue weighted by atomic mass is 10.1. The van der Waals surface area contributed by atoms with Gasteiger partial charge in [-0.1, -0.05) is 60.4 Å². The first-order valence-corrected chi connectivity index (χ1v) is 11.9. The van der Waals surface area contributed by atoms with E-state index in [9.17, 15) is 9.59 Å². The highest BCUT2D eigenvalue weighted by molar-refractivity contribution is 8.26. The molecule has 0 aliphatic carbocycles. The smallest absolute Gasteiger partial charge is 0.267 e. The Morgan fingerprint density at radius 1 is 1.06 bits per heavy atom. The first-order valence-electron chi connectivity index (χ1n) is 10.7. The lowest BCUT2D eigenvalue weighted by Gasteiger charge is -2.14. The van der Waals surface area contributed by atoms with Gasteiger partial charge in [0.25, 0.3) is 11.5 Å². The number of carbonyl (C=O) groups is 1. The minimum Gasteiger partial charge on any atom is -0.467 e. The van der Waals surface area contributed by atoms with Gasteiger partial charge >= 0.3 is 0 Å². The van der Waals surface area contributed by atoms with Crippen LogP contribution in [0.15, 0.2) is 87.2 Å². The third kappa shape index (κ3) is 4.52. The summed E-state index contributed by atoms with van der Waals surface area (Å²) in [5.74, 6) is 0.871. The molecule has 1 N–H and O–H groups in total. The Labute approximate surface area is 205 Å². The number of thioether (sulfide) groups is 1. The maximum Gasteiger partial charge on any atom is 0.267 e. The summed E-state index contributed by atoms with van der Waals surface area (Å²) in [5.41, 5.74) is 1.64. The number of nitrogens with zero attached hydrogens (tertiary/aromatic N) is 3. The predicted molar refractivity (Wildman–Crippen MR) is 138 cm³/mol. The van der Waals surface area contributed by atoms with Crippen molar-refractivity contribution in [3.8, 4) is 0 Å². The summed E-state index contributed by atoms with van der Waals surface area (Å²) in [4.78, 5) is 33.1. The lowest BCUT2D eigenvalue weighted by Crippen LogP contribution is -2.30. The largest absolute Gasteiger partial charge is 0.467 e. The van der Waals surface area contributed by atoms with Crippen LogP contribution in [0.5, 0.6) is 0 Å². The van der Waals surface area contributed by atoms with E-state index in [1.54, 1.807) is 41.6 Å². The quantitative estimate of drug-likeness (QED) is 0.306. The van der Waals surface area contributed by atoms with E-state index in [0.29, 0.717) is 51.5 Å². The van der Waals surface area contributed by atoms with Crippen LogP contribution >= 0.6 is 24.0 Å². The van der Waals surface area contributed by atoms with Crippen molar-refractivity contribution in [1.82, 2.24) is 14.3 Å². The topological polar surface area (TPSA) is 79.9 Å². The number of nitrogens with one attached hydrogen (secondary N) is 1. The number of fused-ring (bicyclic) bond motifs is 1. The van der Waals surface area contributed by atoms with Crippen molar-refractivity contribution in [3.63, 3.8) is 0 Å². The molecular formula is C25H20N4O3S2. The van der Waals surface area contributed by atoms with E-state index in [-0.39, 0.29) is 11.5 Å². The van der Waals surface area contributed by atoms with Crippen LogP contribution in [-0.4, -0.2) is 31.1 Å². The molecule has 1 saturated heterocycles. The van der Waals surface area contributed by atoms with Gasteiger partial charge in [-0.05, 0) is 42.3 Å². The van der Waals surface area contributed by atoms with E-state index in [1.807, 2.05) is 42.5 Å². The predicted octanol–water partition coefficient (Wildman–Crippen LogP) is 4.34. The van der Waals surface area contributed by atoms with Crippen LogP contribution in [0.1, 0.15) is 16.9 Å². The minimum atomic E-state index is -0.276. The normalized spacial score (nSPS) is 14.9. The summed E-state index contributed by atoms with van der Waals surface area (Å²) in [6, 6.07) is 18.9. The Kier molecular flexibility index (Phi) is 6.29. The third-order valence-corrected chi connectivity index (χ3v) is 6.77. The summed E-state index contributed by atoms with van der Waals surface area (Å²) < 4.78 is 7.32. The second-order valence-electron chi connectivity index (χ2n) is 7.61. The van der Waals surface area contributed by atoms with Gasteiger partial charge in [0.15, 0.2) is 0 Å². The van der Waals surface area contributed by atoms with E-state index in [4.69, 9.17) is 16.6 Å². The molecule has 0 unspecified atom stereocenters. The maximum atomic E-state index is 13.3. The highest BCUT2D eigenvalue weighted by atomic mass is 32.2. The van der Waals surface area contributed by atoms with Crippen molar-refractivity contribution in [3.05, 3.63) is 105 Å². The summed E-state index contributed by atoms with van der Waals surface area (Å²) in [6.45, 7) is 0.825. The standard InChI is InChI=1S/C25H20N4O3S2/c30-23-19(15-20-24(31)29(25(33)34-20)13-11-17-7-2-1-3-8-17)22(26-16-18-9-6-14-32-18)27-21-10-4-5-12-28(21)23/h1-10,12,14-15,26H,11,13,16H2. The average molecular weight is 489 g/mol. The zero-order chi connectivity index (χ0) is 23.5. The highest BCUT2D eigenvalue weighted by Gasteiger charge is 2.32. The first kappa shape index (κ1) is 22.1. The summed E-state index contributed by atoms with van der Waals surface area (Å²) in [6.07, 6.45) is 5.52. The summed E-state index contributed by atoms with van der Waals surface area (Å²) in [7, 11) is 0. The van der Waals surface area contributed by atoms with E-state index in [2.05, 4.69) is 10.3 Å². The molecule has 3 aromatic heterocycles. The number of hydrogen-bond acceptors (Lipinski definition) is 7. The fraction of sp³-hybridized carbons (Fsp3) is 0.120. The molecule has 0 atom stereocenters.